The number of rotatable bonds is 4. The lowest BCUT2D eigenvalue weighted by molar-refractivity contribution is 0.252. The van der Waals surface area contributed by atoms with Crippen LogP contribution in [0.3, 0.4) is 0 Å². The van der Waals surface area contributed by atoms with E-state index < -0.39 is 0 Å². The van der Waals surface area contributed by atoms with Crippen molar-refractivity contribution in [3.8, 4) is 10.6 Å². The number of hydrogen-bond donors (Lipinski definition) is 2. The van der Waals surface area contributed by atoms with Crippen molar-refractivity contribution in [1.29, 1.82) is 0 Å². The third-order valence-corrected chi connectivity index (χ3v) is 5.41. The number of carbonyl (C=O) groups excluding carboxylic acids is 1. The fourth-order valence-electron chi connectivity index (χ4n) is 2.19. The van der Waals surface area contributed by atoms with E-state index >= 15 is 0 Å². The number of nitrogens with zero attached hydrogens (tertiary/aromatic N) is 1. The van der Waals surface area contributed by atoms with Crippen LogP contribution in [0.25, 0.3) is 10.6 Å². The lowest BCUT2D eigenvalue weighted by atomic mass is 10.1. The molecule has 4 nitrogen and oxygen atoms in total. The van der Waals surface area contributed by atoms with Crippen molar-refractivity contribution in [2.24, 2.45) is 0 Å². The van der Waals surface area contributed by atoms with Gasteiger partial charge in [0.25, 0.3) is 0 Å². The molecule has 0 atom stereocenters. The molecule has 6 heteroatoms. The monoisotopic (exact) mass is 343 g/mol. The fraction of sp³-hybridized carbons (Fsp3) is 0.176. The molecule has 3 aromatic rings. The maximum absolute atomic E-state index is 11.9. The zero-order valence-electron chi connectivity index (χ0n) is 12.9. The maximum Gasteiger partial charge on any atom is 0.320 e. The molecule has 0 bridgehead atoms. The number of carbonyl (C=O) groups is 1. The lowest BCUT2D eigenvalue weighted by Gasteiger charge is -2.04. The van der Waals surface area contributed by atoms with Crippen LogP contribution in [0.4, 0.5) is 9.80 Å². The van der Waals surface area contributed by atoms with Gasteiger partial charge in [-0.1, -0.05) is 24.3 Å². The van der Waals surface area contributed by atoms with Crippen LogP contribution in [0, 0.1) is 13.8 Å². The largest absolute Gasteiger partial charge is 0.333 e. The summed E-state index contributed by atoms with van der Waals surface area (Å²) >= 11 is 3.12. The second-order valence-corrected chi connectivity index (χ2v) is 7.16. The van der Waals surface area contributed by atoms with Crippen LogP contribution in [0.15, 0.2) is 41.8 Å². The zero-order chi connectivity index (χ0) is 16.2. The summed E-state index contributed by atoms with van der Waals surface area (Å²) in [5.41, 5.74) is 3.32. The lowest BCUT2D eigenvalue weighted by Crippen LogP contribution is -2.27. The van der Waals surface area contributed by atoms with Crippen LogP contribution in [0.2, 0.25) is 0 Å². The second kappa shape index (κ2) is 6.93. The van der Waals surface area contributed by atoms with E-state index in [0.29, 0.717) is 6.54 Å². The van der Waals surface area contributed by atoms with Crippen molar-refractivity contribution in [2.45, 2.75) is 20.4 Å². The first kappa shape index (κ1) is 15.7. The smallest absolute Gasteiger partial charge is 0.320 e. The summed E-state index contributed by atoms with van der Waals surface area (Å²) in [6.07, 6.45) is 0. The van der Waals surface area contributed by atoms with Crippen molar-refractivity contribution < 1.29 is 4.79 Å². The van der Waals surface area contributed by atoms with Crippen LogP contribution in [-0.2, 0) is 6.54 Å². The van der Waals surface area contributed by atoms with E-state index in [-0.39, 0.29) is 6.03 Å². The molecular formula is C17H17N3OS2. The predicted molar refractivity (Wildman–Crippen MR) is 97.2 cm³/mol. The average Bonchev–Trinajstić information content (AvgIpc) is 3.15. The van der Waals surface area contributed by atoms with Gasteiger partial charge >= 0.3 is 6.03 Å². The van der Waals surface area contributed by atoms with Crippen LogP contribution < -0.4 is 10.6 Å². The molecule has 2 N–H and O–H groups in total. The molecule has 0 aliphatic carbocycles. The second-order valence-electron chi connectivity index (χ2n) is 5.13. The quantitative estimate of drug-likeness (QED) is 0.714. The van der Waals surface area contributed by atoms with Gasteiger partial charge in [0.05, 0.1) is 17.2 Å². The van der Waals surface area contributed by atoms with Gasteiger partial charge in [-0.2, -0.15) is 0 Å². The molecule has 3 rings (SSSR count). The van der Waals surface area contributed by atoms with Gasteiger partial charge in [0.15, 0.2) is 0 Å². The normalized spacial score (nSPS) is 10.5. The zero-order valence-corrected chi connectivity index (χ0v) is 14.6. The molecule has 118 valence electrons. The first-order valence-electron chi connectivity index (χ1n) is 7.24. The number of aromatic nitrogens is 1. The van der Waals surface area contributed by atoms with Crippen LogP contribution >= 0.6 is 22.7 Å². The number of thiazole rings is 1. The highest BCUT2D eigenvalue weighted by atomic mass is 32.1. The van der Waals surface area contributed by atoms with Crippen molar-refractivity contribution in [1.82, 2.24) is 10.3 Å². The standard InChI is InChI=1S/C17H17N3OS2/c1-11-6-3-4-7-13(11)16-19-12(2)14(23-16)10-18-17(21)20-15-8-5-9-22-15/h3-9H,10H2,1-2H3,(H2,18,20,21). The van der Waals surface area contributed by atoms with Crippen molar-refractivity contribution >= 4 is 33.7 Å². The van der Waals surface area contributed by atoms with E-state index in [1.165, 1.54) is 16.9 Å². The maximum atomic E-state index is 11.9. The highest BCUT2D eigenvalue weighted by Crippen LogP contribution is 2.30. The van der Waals surface area contributed by atoms with E-state index in [0.717, 1.165) is 26.1 Å². The molecular weight excluding hydrogens is 326 g/mol. The molecule has 2 aromatic heterocycles. The number of aryl methyl sites for hydroxylation is 2. The minimum atomic E-state index is -0.197. The molecule has 0 spiro atoms. The van der Waals surface area contributed by atoms with Gasteiger partial charge in [0, 0.05) is 10.4 Å². The first-order chi connectivity index (χ1) is 11.1. The number of anilines is 1. The third-order valence-electron chi connectivity index (χ3n) is 3.44. The summed E-state index contributed by atoms with van der Waals surface area (Å²) in [5.74, 6) is 0. The molecule has 0 saturated heterocycles. The van der Waals surface area contributed by atoms with Crippen molar-refractivity contribution in [2.75, 3.05) is 5.32 Å². The molecule has 0 unspecified atom stereocenters. The van der Waals surface area contributed by atoms with Gasteiger partial charge < -0.3 is 5.32 Å². The molecule has 2 amide bonds. The van der Waals surface area contributed by atoms with Gasteiger partial charge in [-0.3, -0.25) is 5.32 Å². The Labute approximate surface area is 143 Å². The summed E-state index contributed by atoms with van der Waals surface area (Å²) in [7, 11) is 0. The number of benzene rings is 1. The number of thiophene rings is 1. The average molecular weight is 343 g/mol. The Balaban J connectivity index is 1.67. The molecule has 0 aliphatic rings. The number of nitrogens with one attached hydrogen (secondary N) is 2. The Morgan fingerprint density at radius 3 is 2.74 bits per heavy atom. The fourth-order valence-corrected chi connectivity index (χ4v) is 3.89. The number of amides is 2. The molecule has 0 radical (unpaired) electrons. The summed E-state index contributed by atoms with van der Waals surface area (Å²) < 4.78 is 0. The molecule has 0 aliphatic heterocycles. The Hall–Kier alpha value is -2.18. The van der Waals surface area contributed by atoms with Gasteiger partial charge in [-0.15, -0.1) is 22.7 Å². The SMILES string of the molecule is Cc1ccccc1-c1nc(C)c(CNC(=O)Nc2cccs2)s1. The summed E-state index contributed by atoms with van der Waals surface area (Å²) in [6, 6.07) is 11.8. The van der Waals surface area contributed by atoms with E-state index in [4.69, 9.17) is 0 Å². The minimum absolute atomic E-state index is 0.197. The van der Waals surface area contributed by atoms with Gasteiger partial charge in [-0.25, -0.2) is 9.78 Å². The summed E-state index contributed by atoms with van der Waals surface area (Å²) in [6.45, 7) is 4.54. The molecule has 2 heterocycles. The Bertz CT molecular complexity index is 809. The summed E-state index contributed by atoms with van der Waals surface area (Å²) in [4.78, 5) is 17.6. The topological polar surface area (TPSA) is 54.0 Å². The Kier molecular flexibility index (Phi) is 4.73. The molecule has 0 saturated carbocycles. The third kappa shape index (κ3) is 3.78. The molecule has 1 aromatic carbocycles. The highest BCUT2D eigenvalue weighted by Gasteiger charge is 2.12. The van der Waals surface area contributed by atoms with E-state index in [1.54, 1.807) is 11.3 Å². The first-order valence-corrected chi connectivity index (χ1v) is 8.94. The molecule has 0 fully saturated rings. The van der Waals surface area contributed by atoms with Crippen molar-refractivity contribution in [3.63, 3.8) is 0 Å². The number of hydrogen-bond acceptors (Lipinski definition) is 4. The van der Waals surface area contributed by atoms with E-state index in [2.05, 4.69) is 34.7 Å². The Morgan fingerprint density at radius 2 is 2.00 bits per heavy atom. The van der Waals surface area contributed by atoms with Crippen LogP contribution in [0.1, 0.15) is 16.1 Å². The molecule has 23 heavy (non-hydrogen) atoms. The van der Waals surface area contributed by atoms with Gasteiger partial charge in [0.1, 0.15) is 5.01 Å². The van der Waals surface area contributed by atoms with Crippen LogP contribution in [-0.4, -0.2) is 11.0 Å². The Morgan fingerprint density at radius 1 is 1.17 bits per heavy atom. The van der Waals surface area contributed by atoms with E-state index in [1.807, 2.05) is 36.6 Å². The highest BCUT2D eigenvalue weighted by molar-refractivity contribution is 7.15. The van der Waals surface area contributed by atoms with Crippen LogP contribution in [0.5, 0.6) is 0 Å². The van der Waals surface area contributed by atoms with Crippen molar-refractivity contribution in [3.05, 3.63) is 57.9 Å². The number of urea groups is 1. The van der Waals surface area contributed by atoms with E-state index in [9.17, 15) is 4.79 Å². The van der Waals surface area contributed by atoms with Gasteiger partial charge in [0.2, 0.25) is 0 Å². The summed E-state index contributed by atoms with van der Waals surface area (Å²) in [5, 5.41) is 9.46. The van der Waals surface area contributed by atoms with Gasteiger partial charge in [-0.05, 0) is 36.9 Å². The minimum Gasteiger partial charge on any atom is -0.333 e. The predicted octanol–water partition coefficient (Wildman–Crippen LogP) is 4.81.